The summed E-state index contributed by atoms with van der Waals surface area (Å²) < 4.78 is 0. The second-order valence-electron chi connectivity index (χ2n) is 6.81. The second-order valence-corrected chi connectivity index (χ2v) is 8.66. The summed E-state index contributed by atoms with van der Waals surface area (Å²) in [6.07, 6.45) is 1.84. The van der Waals surface area contributed by atoms with Gasteiger partial charge in [0, 0.05) is 34.5 Å². The number of hydrogen-bond acceptors (Lipinski definition) is 5. The summed E-state index contributed by atoms with van der Waals surface area (Å²) in [5.41, 5.74) is 5.11. The molecule has 0 aliphatic heterocycles. The molecule has 2 aromatic heterocycles. The Morgan fingerprint density at radius 1 is 1.10 bits per heavy atom. The number of thiazole rings is 1. The predicted molar refractivity (Wildman–Crippen MR) is 122 cm³/mol. The number of nitrogens with zero attached hydrogens (tertiary/aromatic N) is 3. The third-order valence-electron chi connectivity index (χ3n) is 4.85. The molecule has 0 radical (unpaired) electrons. The van der Waals surface area contributed by atoms with Crippen LogP contribution in [0.5, 0.6) is 0 Å². The summed E-state index contributed by atoms with van der Waals surface area (Å²) in [6, 6.07) is 16.2. The Labute approximate surface area is 178 Å². The van der Waals surface area contributed by atoms with Gasteiger partial charge in [-0.05, 0) is 43.2 Å². The quantitative estimate of drug-likeness (QED) is 0.357. The molecule has 0 atom stereocenters. The fourth-order valence-electron chi connectivity index (χ4n) is 3.20. The third-order valence-corrected chi connectivity index (χ3v) is 6.83. The number of pyridine rings is 1. The predicted octanol–water partition coefficient (Wildman–Crippen LogP) is 6.29. The number of carbonyl (C=O) groups excluding carboxylic acids is 1. The van der Waals surface area contributed by atoms with Crippen LogP contribution in [0.2, 0.25) is 0 Å². The smallest absolute Gasteiger partial charge is 0.230 e. The molecule has 0 bridgehead atoms. The van der Waals surface area contributed by atoms with E-state index in [2.05, 4.69) is 24.0 Å². The number of carbonyl (C=O) groups is 1. The minimum absolute atomic E-state index is 0.0348. The van der Waals surface area contributed by atoms with E-state index in [4.69, 9.17) is 4.98 Å². The molecule has 2 heterocycles. The molecule has 0 fully saturated rings. The van der Waals surface area contributed by atoms with Crippen molar-refractivity contribution < 1.29 is 4.79 Å². The molecule has 2 aromatic carbocycles. The summed E-state index contributed by atoms with van der Waals surface area (Å²) in [5, 5.41) is 3.89. The van der Waals surface area contributed by atoms with Crippen LogP contribution in [0.1, 0.15) is 23.7 Å². The molecule has 0 saturated heterocycles. The minimum atomic E-state index is -0.0348. The zero-order valence-electron chi connectivity index (χ0n) is 16.5. The number of aromatic nitrogens is 2. The lowest BCUT2D eigenvalue weighted by molar-refractivity contribution is -0.115. The maximum atomic E-state index is 12.4. The molecule has 0 spiro atoms. The number of amides is 1. The van der Waals surface area contributed by atoms with Crippen LogP contribution in [-0.4, -0.2) is 15.9 Å². The van der Waals surface area contributed by atoms with Crippen molar-refractivity contribution in [1.82, 2.24) is 9.97 Å². The van der Waals surface area contributed by atoms with Crippen molar-refractivity contribution in [2.45, 2.75) is 31.4 Å². The lowest BCUT2D eigenvalue weighted by atomic mass is 10.1. The van der Waals surface area contributed by atoms with Crippen molar-refractivity contribution in [3.05, 3.63) is 76.9 Å². The first kappa shape index (κ1) is 19.6. The standard InChI is InChI=1S/C23H21N3OS2/c1-15-7-6-10-21(16(15)2)26(17(3)27)23-25-18(14-29-23)13-28-22-11-12-24-20-9-5-4-8-19(20)22/h4-12,14H,13H2,1-3H3. The fraction of sp³-hybridized carbons (Fsp3) is 0.174. The minimum Gasteiger partial charge on any atom is -0.274 e. The highest BCUT2D eigenvalue weighted by Gasteiger charge is 2.20. The van der Waals surface area contributed by atoms with E-state index in [1.165, 1.54) is 16.2 Å². The van der Waals surface area contributed by atoms with Crippen LogP contribution in [0, 0.1) is 13.8 Å². The van der Waals surface area contributed by atoms with Crippen molar-refractivity contribution >= 4 is 50.7 Å². The van der Waals surface area contributed by atoms with Gasteiger partial charge in [-0.2, -0.15) is 0 Å². The van der Waals surface area contributed by atoms with E-state index in [9.17, 15) is 4.79 Å². The molecule has 0 N–H and O–H groups in total. The maximum Gasteiger partial charge on any atom is 0.230 e. The molecule has 6 heteroatoms. The van der Waals surface area contributed by atoms with Gasteiger partial charge in [0.05, 0.1) is 16.9 Å². The molecule has 0 saturated carbocycles. The Morgan fingerprint density at radius 2 is 1.93 bits per heavy atom. The summed E-state index contributed by atoms with van der Waals surface area (Å²) in [7, 11) is 0. The van der Waals surface area contributed by atoms with Gasteiger partial charge in [-0.25, -0.2) is 4.98 Å². The monoisotopic (exact) mass is 419 g/mol. The largest absolute Gasteiger partial charge is 0.274 e. The molecule has 0 aliphatic rings. The molecule has 146 valence electrons. The number of fused-ring (bicyclic) bond motifs is 1. The van der Waals surface area contributed by atoms with E-state index >= 15 is 0 Å². The van der Waals surface area contributed by atoms with Gasteiger partial charge in [0.1, 0.15) is 0 Å². The Hall–Kier alpha value is -2.70. The molecular weight excluding hydrogens is 398 g/mol. The van der Waals surface area contributed by atoms with Gasteiger partial charge in [-0.1, -0.05) is 30.3 Å². The van der Waals surface area contributed by atoms with Crippen LogP contribution >= 0.6 is 23.1 Å². The van der Waals surface area contributed by atoms with Crippen molar-refractivity contribution in [2.75, 3.05) is 4.90 Å². The van der Waals surface area contributed by atoms with E-state index in [0.29, 0.717) is 5.13 Å². The number of benzene rings is 2. The summed E-state index contributed by atoms with van der Waals surface area (Å²) in [4.78, 5) is 24.5. The lowest BCUT2D eigenvalue weighted by Gasteiger charge is -2.21. The zero-order chi connectivity index (χ0) is 20.4. The molecule has 0 unspecified atom stereocenters. The normalized spacial score (nSPS) is 11.0. The number of rotatable bonds is 5. The molecule has 4 aromatic rings. The Kier molecular flexibility index (Phi) is 5.65. The van der Waals surface area contributed by atoms with Crippen LogP contribution in [0.3, 0.4) is 0 Å². The summed E-state index contributed by atoms with van der Waals surface area (Å²) in [5.74, 6) is 0.704. The van der Waals surface area contributed by atoms with E-state index in [0.717, 1.165) is 39.2 Å². The average Bonchev–Trinajstić information content (AvgIpc) is 3.18. The van der Waals surface area contributed by atoms with Gasteiger partial charge in [0.2, 0.25) is 5.91 Å². The molecule has 0 aliphatic carbocycles. The first-order chi connectivity index (χ1) is 14.0. The highest BCUT2D eigenvalue weighted by molar-refractivity contribution is 7.98. The highest BCUT2D eigenvalue weighted by atomic mass is 32.2. The first-order valence-electron chi connectivity index (χ1n) is 9.32. The summed E-state index contributed by atoms with van der Waals surface area (Å²) >= 11 is 3.24. The maximum absolute atomic E-state index is 12.4. The van der Waals surface area contributed by atoms with Gasteiger partial charge >= 0.3 is 0 Å². The topological polar surface area (TPSA) is 46.1 Å². The number of para-hydroxylation sites is 1. The van der Waals surface area contributed by atoms with Gasteiger partial charge in [-0.3, -0.25) is 14.7 Å². The van der Waals surface area contributed by atoms with Crippen molar-refractivity contribution in [2.24, 2.45) is 0 Å². The Morgan fingerprint density at radius 3 is 2.76 bits per heavy atom. The number of aryl methyl sites for hydroxylation is 1. The van der Waals surface area contributed by atoms with Gasteiger partial charge < -0.3 is 0 Å². The fourth-order valence-corrected chi connectivity index (χ4v) is 5.12. The van der Waals surface area contributed by atoms with E-state index in [-0.39, 0.29) is 5.91 Å². The highest BCUT2D eigenvalue weighted by Crippen LogP contribution is 2.34. The lowest BCUT2D eigenvalue weighted by Crippen LogP contribution is -2.23. The average molecular weight is 420 g/mol. The molecule has 1 amide bonds. The third kappa shape index (κ3) is 4.04. The number of anilines is 2. The van der Waals surface area contributed by atoms with Crippen LogP contribution in [0.25, 0.3) is 10.9 Å². The van der Waals surface area contributed by atoms with Gasteiger partial charge in [-0.15, -0.1) is 23.1 Å². The van der Waals surface area contributed by atoms with Crippen LogP contribution in [0.15, 0.2) is 65.0 Å². The van der Waals surface area contributed by atoms with E-state index in [1.54, 1.807) is 23.6 Å². The van der Waals surface area contributed by atoms with Crippen LogP contribution in [-0.2, 0) is 10.5 Å². The molecule has 4 nitrogen and oxygen atoms in total. The summed E-state index contributed by atoms with van der Waals surface area (Å²) in [6.45, 7) is 5.68. The molecule has 4 rings (SSSR count). The SMILES string of the molecule is CC(=O)N(c1nc(CSc2ccnc3ccccc23)cs1)c1cccc(C)c1C. The van der Waals surface area contributed by atoms with Crippen LogP contribution in [0.4, 0.5) is 10.8 Å². The first-order valence-corrected chi connectivity index (χ1v) is 11.2. The molecule has 29 heavy (non-hydrogen) atoms. The van der Waals surface area contributed by atoms with Crippen LogP contribution < -0.4 is 4.90 Å². The van der Waals surface area contributed by atoms with E-state index < -0.39 is 0 Å². The number of hydrogen-bond donors (Lipinski definition) is 0. The van der Waals surface area contributed by atoms with Gasteiger partial charge in [0.25, 0.3) is 0 Å². The Balaban J connectivity index is 1.58. The Bertz CT molecular complexity index is 1180. The number of thioether (sulfide) groups is 1. The zero-order valence-corrected chi connectivity index (χ0v) is 18.2. The van der Waals surface area contributed by atoms with Gasteiger partial charge in [0.15, 0.2) is 5.13 Å². The second kappa shape index (κ2) is 8.35. The van der Waals surface area contributed by atoms with E-state index in [1.807, 2.05) is 54.9 Å². The molecular formula is C23H21N3OS2. The van der Waals surface area contributed by atoms with Crippen molar-refractivity contribution in [3.8, 4) is 0 Å². The van der Waals surface area contributed by atoms with Crippen molar-refractivity contribution in [1.29, 1.82) is 0 Å². The van der Waals surface area contributed by atoms with Crippen molar-refractivity contribution in [3.63, 3.8) is 0 Å².